The van der Waals surface area contributed by atoms with Crippen LogP contribution >= 0.6 is 0 Å². The van der Waals surface area contributed by atoms with Crippen LogP contribution in [0.3, 0.4) is 0 Å². The van der Waals surface area contributed by atoms with Gasteiger partial charge in [-0.1, -0.05) is 42.5 Å². The Bertz CT molecular complexity index is 968. The molecule has 4 rings (SSSR count). The largest absolute Gasteiger partial charge is 0.476 e. The number of halogens is 1. The minimum Gasteiger partial charge on any atom is -0.476 e. The van der Waals surface area contributed by atoms with Crippen molar-refractivity contribution in [2.24, 2.45) is 0 Å². The molecule has 0 saturated carbocycles. The van der Waals surface area contributed by atoms with Crippen LogP contribution < -0.4 is 15.4 Å². The van der Waals surface area contributed by atoms with Crippen molar-refractivity contribution in [1.82, 2.24) is 5.32 Å². The fraction of sp³-hybridized carbons (Fsp3) is 0.190. The fourth-order valence-electron chi connectivity index (χ4n) is 3.30. The SMILES string of the molecule is CC(NC(=O)C1CNc2ccc(F)cc2O1)c1cccc2ccccc12. The van der Waals surface area contributed by atoms with E-state index in [1.165, 1.54) is 12.1 Å². The number of hydrogen-bond acceptors (Lipinski definition) is 3. The highest BCUT2D eigenvalue weighted by atomic mass is 19.1. The van der Waals surface area contributed by atoms with Crippen molar-refractivity contribution in [1.29, 1.82) is 0 Å². The Morgan fingerprint density at radius 2 is 2.00 bits per heavy atom. The highest BCUT2D eigenvalue weighted by molar-refractivity contribution is 5.88. The molecule has 3 aromatic rings. The molecule has 2 unspecified atom stereocenters. The van der Waals surface area contributed by atoms with Gasteiger partial charge in [0.2, 0.25) is 0 Å². The second-order valence-corrected chi connectivity index (χ2v) is 6.43. The summed E-state index contributed by atoms with van der Waals surface area (Å²) in [5.41, 5.74) is 1.74. The minimum atomic E-state index is -0.707. The number of hydrogen-bond donors (Lipinski definition) is 2. The molecule has 1 aliphatic heterocycles. The monoisotopic (exact) mass is 350 g/mol. The van der Waals surface area contributed by atoms with Crippen LogP contribution in [-0.2, 0) is 4.79 Å². The maximum Gasteiger partial charge on any atom is 0.263 e. The average Bonchev–Trinajstić information content (AvgIpc) is 2.66. The second-order valence-electron chi connectivity index (χ2n) is 6.43. The molecule has 132 valence electrons. The number of benzene rings is 3. The quantitative estimate of drug-likeness (QED) is 0.750. The molecule has 1 amide bonds. The predicted molar refractivity (Wildman–Crippen MR) is 99.8 cm³/mol. The van der Waals surface area contributed by atoms with Crippen LogP contribution in [-0.4, -0.2) is 18.6 Å². The van der Waals surface area contributed by atoms with Gasteiger partial charge in [-0.3, -0.25) is 4.79 Å². The molecule has 2 atom stereocenters. The molecular formula is C21H19FN2O2. The summed E-state index contributed by atoms with van der Waals surface area (Å²) < 4.78 is 19.1. The van der Waals surface area contributed by atoms with Gasteiger partial charge < -0.3 is 15.4 Å². The van der Waals surface area contributed by atoms with E-state index in [-0.39, 0.29) is 11.9 Å². The maximum atomic E-state index is 13.4. The number of anilines is 1. The van der Waals surface area contributed by atoms with Crippen molar-refractivity contribution >= 4 is 22.4 Å². The summed E-state index contributed by atoms with van der Waals surface area (Å²) in [5, 5.41) is 8.36. The number of carbonyl (C=O) groups is 1. The van der Waals surface area contributed by atoms with Crippen LogP contribution in [0.1, 0.15) is 18.5 Å². The summed E-state index contributed by atoms with van der Waals surface area (Å²) in [5.74, 6) is -0.266. The summed E-state index contributed by atoms with van der Waals surface area (Å²) in [6.45, 7) is 2.29. The normalized spacial score (nSPS) is 16.9. The summed E-state index contributed by atoms with van der Waals surface area (Å²) in [4.78, 5) is 12.6. The van der Waals surface area contributed by atoms with Crippen LogP contribution in [0.4, 0.5) is 10.1 Å². The van der Waals surface area contributed by atoms with E-state index >= 15 is 0 Å². The van der Waals surface area contributed by atoms with Gasteiger partial charge in [0.25, 0.3) is 5.91 Å². The average molecular weight is 350 g/mol. The molecule has 3 aromatic carbocycles. The predicted octanol–water partition coefficient (Wildman–Crippen LogP) is 4.03. The van der Waals surface area contributed by atoms with E-state index < -0.39 is 11.9 Å². The van der Waals surface area contributed by atoms with Crippen LogP contribution in [0.15, 0.2) is 60.7 Å². The van der Waals surface area contributed by atoms with Gasteiger partial charge in [-0.25, -0.2) is 4.39 Å². The molecule has 0 spiro atoms. The van der Waals surface area contributed by atoms with Gasteiger partial charge in [0, 0.05) is 6.07 Å². The van der Waals surface area contributed by atoms with Gasteiger partial charge in [-0.15, -0.1) is 0 Å². The second kappa shape index (κ2) is 6.67. The van der Waals surface area contributed by atoms with Gasteiger partial charge in [-0.2, -0.15) is 0 Å². The van der Waals surface area contributed by atoms with E-state index in [0.29, 0.717) is 18.0 Å². The van der Waals surface area contributed by atoms with Crippen molar-refractivity contribution in [3.05, 3.63) is 72.0 Å². The molecule has 0 aliphatic carbocycles. The Labute approximate surface area is 151 Å². The van der Waals surface area contributed by atoms with E-state index in [1.807, 2.05) is 49.4 Å². The number of nitrogens with one attached hydrogen (secondary N) is 2. The molecule has 1 heterocycles. The third-order valence-electron chi connectivity index (χ3n) is 4.63. The van der Waals surface area contributed by atoms with E-state index in [9.17, 15) is 9.18 Å². The Morgan fingerprint density at radius 3 is 2.88 bits per heavy atom. The van der Waals surface area contributed by atoms with Crippen molar-refractivity contribution in [3.63, 3.8) is 0 Å². The number of amides is 1. The Kier molecular flexibility index (Phi) is 4.21. The van der Waals surface area contributed by atoms with E-state index in [4.69, 9.17) is 4.74 Å². The highest BCUT2D eigenvalue weighted by Crippen LogP contribution is 2.30. The molecule has 0 aromatic heterocycles. The van der Waals surface area contributed by atoms with Gasteiger partial charge in [0.15, 0.2) is 6.10 Å². The zero-order valence-electron chi connectivity index (χ0n) is 14.3. The number of carbonyl (C=O) groups excluding carboxylic acids is 1. The first kappa shape index (κ1) is 16.4. The Hall–Kier alpha value is -3.08. The molecule has 2 N–H and O–H groups in total. The van der Waals surface area contributed by atoms with Crippen LogP contribution in [0.5, 0.6) is 5.75 Å². The van der Waals surface area contributed by atoms with E-state index in [1.54, 1.807) is 6.07 Å². The summed E-state index contributed by atoms with van der Waals surface area (Å²) in [6, 6.07) is 18.2. The molecule has 1 aliphatic rings. The van der Waals surface area contributed by atoms with Crippen molar-refractivity contribution in [2.75, 3.05) is 11.9 Å². The first-order valence-corrected chi connectivity index (χ1v) is 8.60. The topological polar surface area (TPSA) is 50.4 Å². The molecule has 26 heavy (non-hydrogen) atoms. The zero-order valence-corrected chi connectivity index (χ0v) is 14.3. The highest BCUT2D eigenvalue weighted by Gasteiger charge is 2.27. The van der Waals surface area contributed by atoms with Crippen LogP contribution in [0, 0.1) is 5.82 Å². The lowest BCUT2D eigenvalue weighted by Crippen LogP contribution is -2.45. The molecule has 0 saturated heterocycles. The molecule has 5 heteroatoms. The van der Waals surface area contributed by atoms with Crippen molar-refractivity contribution in [2.45, 2.75) is 19.1 Å². The first-order valence-electron chi connectivity index (χ1n) is 8.60. The number of ether oxygens (including phenoxy) is 1. The van der Waals surface area contributed by atoms with Crippen molar-refractivity contribution in [3.8, 4) is 5.75 Å². The number of rotatable bonds is 3. The summed E-state index contributed by atoms with van der Waals surface area (Å²) in [6.07, 6.45) is -0.707. The molecule has 0 bridgehead atoms. The Morgan fingerprint density at radius 1 is 1.19 bits per heavy atom. The third-order valence-corrected chi connectivity index (χ3v) is 4.63. The number of fused-ring (bicyclic) bond motifs is 2. The third kappa shape index (κ3) is 3.08. The Balaban J connectivity index is 1.51. The molecule has 4 nitrogen and oxygen atoms in total. The van der Waals surface area contributed by atoms with Gasteiger partial charge >= 0.3 is 0 Å². The first-order chi connectivity index (χ1) is 12.6. The van der Waals surface area contributed by atoms with E-state index in [2.05, 4.69) is 10.6 Å². The standard InChI is InChI=1S/C21H19FN2O2/c1-13(16-8-4-6-14-5-2-3-7-17(14)16)24-21(25)20-12-23-18-10-9-15(22)11-19(18)26-20/h2-11,13,20,23H,12H2,1H3,(H,24,25). The summed E-state index contributed by atoms with van der Waals surface area (Å²) >= 11 is 0. The zero-order chi connectivity index (χ0) is 18.1. The van der Waals surface area contributed by atoms with E-state index in [0.717, 1.165) is 16.3 Å². The molecular weight excluding hydrogens is 331 g/mol. The maximum absolute atomic E-state index is 13.4. The fourth-order valence-corrected chi connectivity index (χ4v) is 3.30. The lowest BCUT2D eigenvalue weighted by molar-refractivity contribution is -0.128. The van der Waals surface area contributed by atoms with Gasteiger partial charge in [0.05, 0.1) is 18.3 Å². The minimum absolute atomic E-state index is 0.175. The lowest BCUT2D eigenvalue weighted by Gasteiger charge is -2.28. The van der Waals surface area contributed by atoms with Gasteiger partial charge in [-0.05, 0) is 35.4 Å². The van der Waals surface area contributed by atoms with Gasteiger partial charge in [0.1, 0.15) is 11.6 Å². The lowest BCUT2D eigenvalue weighted by atomic mass is 9.99. The van der Waals surface area contributed by atoms with Crippen molar-refractivity contribution < 1.29 is 13.9 Å². The molecule has 0 fully saturated rings. The summed E-state index contributed by atoms with van der Waals surface area (Å²) in [7, 11) is 0. The van der Waals surface area contributed by atoms with Crippen LogP contribution in [0.25, 0.3) is 10.8 Å². The van der Waals surface area contributed by atoms with Crippen LogP contribution in [0.2, 0.25) is 0 Å². The molecule has 0 radical (unpaired) electrons. The smallest absolute Gasteiger partial charge is 0.263 e.